The first-order valence-corrected chi connectivity index (χ1v) is 16.0. The molecule has 0 aliphatic carbocycles. The van der Waals surface area contributed by atoms with Gasteiger partial charge in [-0.25, -0.2) is 0 Å². The van der Waals surface area contributed by atoms with Crippen molar-refractivity contribution in [3.63, 3.8) is 0 Å². The number of allylic oxidation sites excluding steroid dienone is 1. The van der Waals surface area contributed by atoms with Gasteiger partial charge in [0, 0.05) is 17.5 Å². The first-order valence-electron chi connectivity index (χ1n) is 15.1. The number of nitrogens with zero attached hydrogens (tertiary/aromatic N) is 2. The molecule has 0 saturated carbocycles. The molecular weight excluding hydrogens is 560 g/mol. The van der Waals surface area contributed by atoms with Crippen molar-refractivity contribution in [2.45, 2.75) is 62.1 Å². The van der Waals surface area contributed by atoms with Gasteiger partial charge in [-0.2, -0.15) is 0 Å². The van der Waals surface area contributed by atoms with Gasteiger partial charge in [0.2, 0.25) is 5.91 Å². The fraction of sp³-hybridized carbons (Fsp3) is 0.457. The summed E-state index contributed by atoms with van der Waals surface area (Å²) < 4.78 is 4.88. The molecule has 3 saturated heterocycles. The van der Waals surface area contributed by atoms with Crippen molar-refractivity contribution in [1.29, 1.82) is 0 Å². The highest BCUT2D eigenvalue weighted by molar-refractivity contribution is 8.02. The summed E-state index contributed by atoms with van der Waals surface area (Å²) in [5.74, 6) is -2.26. The minimum absolute atomic E-state index is 0.0143. The summed E-state index contributed by atoms with van der Waals surface area (Å²) in [5, 5.41) is 10.7. The second-order valence-electron chi connectivity index (χ2n) is 12.0. The van der Waals surface area contributed by atoms with E-state index >= 15 is 4.79 Å². The van der Waals surface area contributed by atoms with E-state index in [1.807, 2.05) is 62.4 Å². The van der Waals surface area contributed by atoms with E-state index in [9.17, 15) is 14.7 Å². The number of esters is 1. The van der Waals surface area contributed by atoms with Gasteiger partial charge in [-0.05, 0) is 61.8 Å². The molecule has 228 valence electrons. The molecule has 0 aromatic heterocycles. The van der Waals surface area contributed by atoms with Gasteiger partial charge in [0.15, 0.2) is 0 Å². The number of unbranched alkanes of at least 4 members (excludes halogenated alkanes) is 1. The Bertz CT molecular complexity index is 1400. The Morgan fingerprint density at radius 2 is 1.93 bits per heavy atom. The summed E-state index contributed by atoms with van der Waals surface area (Å²) in [6.45, 7) is 13.9. The number of amides is 2. The quantitative estimate of drug-likeness (QED) is 0.199. The van der Waals surface area contributed by atoms with E-state index in [-0.39, 0.29) is 48.7 Å². The smallest absolute Gasteiger partial charge is 0.310 e. The molecule has 3 unspecified atom stereocenters. The Hall–Kier alpha value is -3.36. The van der Waals surface area contributed by atoms with E-state index in [1.54, 1.807) is 33.7 Å². The van der Waals surface area contributed by atoms with E-state index in [0.29, 0.717) is 12.8 Å². The lowest BCUT2D eigenvalue weighted by molar-refractivity contribution is -0.155. The maximum absolute atomic E-state index is 15.1. The number of hydrogen-bond donors (Lipinski definition) is 1. The van der Waals surface area contributed by atoms with E-state index in [0.717, 1.165) is 28.8 Å². The van der Waals surface area contributed by atoms with Crippen LogP contribution >= 0.6 is 11.8 Å². The Balaban J connectivity index is 1.63. The Labute approximate surface area is 259 Å². The van der Waals surface area contributed by atoms with Crippen LogP contribution in [0.25, 0.3) is 0 Å². The number of thioether (sulfide) groups is 1. The monoisotopic (exact) mass is 602 g/mol. The van der Waals surface area contributed by atoms with Gasteiger partial charge in [-0.1, -0.05) is 61.5 Å². The molecule has 7 nitrogen and oxygen atoms in total. The van der Waals surface area contributed by atoms with Gasteiger partial charge in [-0.15, -0.1) is 24.9 Å². The molecule has 2 aromatic carbocycles. The van der Waals surface area contributed by atoms with Gasteiger partial charge in [0.05, 0.1) is 35.8 Å². The average molecular weight is 603 g/mol. The summed E-state index contributed by atoms with van der Waals surface area (Å²) >= 11 is 1.61. The fourth-order valence-electron chi connectivity index (χ4n) is 7.46. The molecule has 7 atom stereocenters. The maximum atomic E-state index is 15.1. The maximum Gasteiger partial charge on any atom is 0.310 e. The average Bonchev–Trinajstić information content (AvgIpc) is 3.60. The van der Waals surface area contributed by atoms with E-state index in [4.69, 9.17) is 4.74 Å². The lowest BCUT2D eigenvalue weighted by Gasteiger charge is -2.42. The van der Waals surface area contributed by atoms with Gasteiger partial charge in [0.1, 0.15) is 6.04 Å². The van der Waals surface area contributed by atoms with Crippen LogP contribution in [-0.2, 0) is 19.1 Å². The van der Waals surface area contributed by atoms with E-state index in [1.165, 1.54) is 0 Å². The third-order valence-corrected chi connectivity index (χ3v) is 11.5. The zero-order valence-electron chi connectivity index (χ0n) is 25.3. The van der Waals surface area contributed by atoms with E-state index < -0.39 is 28.7 Å². The number of fused-ring (bicyclic) bond motifs is 1. The highest BCUT2D eigenvalue weighted by Crippen LogP contribution is 2.69. The molecule has 3 heterocycles. The van der Waals surface area contributed by atoms with Crippen molar-refractivity contribution in [2.75, 3.05) is 24.7 Å². The number of aliphatic hydroxyl groups is 1. The number of ether oxygens (including phenoxy) is 1. The number of hydrogen-bond acceptors (Lipinski definition) is 6. The summed E-state index contributed by atoms with van der Waals surface area (Å²) in [6, 6.07) is 13.7. The Kier molecular flexibility index (Phi) is 9.18. The number of aryl methyl sites for hydroxylation is 2. The van der Waals surface area contributed by atoms with Gasteiger partial charge < -0.3 is 19.6 Å². The lowest BCUT2D eigenvalue weighted by atomic mass is 9.66. The van der Waals surface area contributed by atoms with Crippen molar-refractivity contribution in [3.05, 3.63) is 90.5 Å². The third-order valence-electron chi connectivity index (χ3n) is 9.41. The zero-order chi connectivity index (χ0) is 30.9. The largest absolute Gasteiger partial charge is 0.465 e. The molecule has 2 aromatic rings. The highest BCUT2D eigenvalue weighted by atomic mass is 32.2. The standard InChI is InChI=1S/C35H42N2O5S/c1-6-8-12-18-42-34(41)29-28-20-24(5)35(43-28)30(29)32(39)37(27(21-38)25-13-10-9-11-14-25)31(35)33(40)36(17-7-2)26-19-22(3)15-16-23(26)4/h6-7,9-11,13-16,19,24,27-31,38H,1-2,8,12,17-18,20-21H2,3-5H3/t24?,27-,28+,29-,30+,31?,35?/m1/s1. The molecule has 3 aliphatic rings. The van der Waals surface area contributed by atoms with Crippen LogP contribution in [0.2, 0.25) is 0 Å². The normalized spacial score (nSPS) is 28.0. The van der Waals surface area contributed by atoms with Crippen LogP contribution in [0.15, 0.2) is 73.8 Å². The predicted molar refractivity (Wildman–Crippen MR) is 171 cm³/mol. The molecule has 1 spiro atoms. The summed E-state index contributed by atoms with van der Waals surface area (Å²) in [6.07, 6.45) is 5.59. The minimum atomic E-state index is -0.897. The predicted octanol–water partition coefficient (Wildman–Crippen LogP) is 5.40. The Morgan fingerprint density at radius 3 is 2.60 bits per heavy atom. The first-order chi connectivity index (χ1) is 20.7. The molecule has 0 radical (unpaired) electrons. The van der Waals surface area contributed by atoms with Crippen molar-refractivity contribution >= 4 is 35.2 Å². The van der Waals surface area contributed by atoms with Crippen LogP contribution in [0.4, 0.5) is 5.69 Å². The van der Waals surface area contributed by atoms with Crippen molar-refractivity contribution in [1.82, 2.24) is 4.90 Å². The lowest BCUT2D eigenvalue weighted by Crippen LogP contribution is -2.58. The molecule has 43 heavy (non-hydrogen) atoms. The molecule has 1 N–H and O–H groups in total. The number of benzene rings is 2. The number of aliphatic hydroxyl groups excluding tert-OH is 1. The van der Waals surface area contributed by atoms with E-state index in [2.05, 4.69) is 20.1 Å². The van der Waals surface area contributed by atoms with Crippen LogP contribution < -0.4 is 4.90 Å². The SMILES string of the molecule is C=CCCCOC(=O)[C@@H]1[C@@H]2CC(C)C3(S2)C(C(=O)N(CC=C)c2cc(C)ccc2C)N([C@H](CO)c2ccccc2)C(=O)[C@H]13. The minimum Gasteiger partial charge on any atom is -0.465 e. The molecule has 5 rings (SSSR count). The summed E-state index contributed by atoms with van der Waals surface area (Å²) in [7, 11) is 0. The number of likely N-dealkylation sites (tertiary alicyclic amines) is 1. The fourth-order valence-corrected chi connectivity index (χ4v) is 9.85. The van der Waals surface area contributed by atoms with Crippen LogP contribution in [0.3, 0.4) is 0 Å². The second-order valence-corrected chi connectivity index (χ2v) is 13.6. The third kappa shape index (κ3) is 5.22. The first kappa shape index (κ1) is 31.1. The van der Waals surface area contributed by atoms with Crippen molar-refractivity contribution < 1.29 is 24.2 Å². The number of rotatable bonds is 12. The van der Waals surface area contributed by atoms with Crippen molar-refractivity contribution in [3.8, 4) is 0 Å². The molecule has 2 bridgehead atoms. The zero-order valence-corrected chi connectivity index (χ0v) is 26.1. The van der Waals surface area contributed by atoms with Crippen LogP contribution in [0.5, 0.6) is 0 Å². The van der Waals surface area contributed by atoms with Gasteiger partial charge in [0.25, 0.3) is 5.91 Å². The van der Waals surface area contributed by atoms with Gasteiger partial charge in [-0.3, -0.25) is 14.4 Å². The molecule has 8 heteroatoms. The number of anilines is 1. The molecule has 2 amide bonds. The summed E-state index contributed by atoms with van der Waals surface area (Å²) in [5.41, 5.74) is 3.45. The topological polar surface area (TPSA) is 87.2 Å². The Morgan fingerprint density at radius 1 is 1.19 bits per heavy atom. The van der Waals surface area contributed by atoms with Crippen LogP contribution in [0.1, 0.15) is 48.9 Å². The molecular formula is C35H42N2O5S. The van der Waals surface area contributed by atoms with Gasteiger partial charge >= 0.3 is 5.97 Å². The highest BCUT2D eigenvalue weighted by Gasteiger charge is 2.77. The molecule has 3 fully saturated rings. The summed E-state index contributed by atoms with van der Waals surface area (Å²) in [4.78, 5) is 46.7. The number of carbonyl (C=O) groups excluding carboxylic acids is 3. The van der Waals surface area contributed by atoms with Crippen LogP contribution in [-0.4, -0.2) is 63.6 Å². The molecule has 3 aliphatic heterocycles. The second kappa shape index (κ2) is 12.7. The van der Waals surface area contributed by atoms with Crippen LogP contribution in [0, 0.1) is 31.6 Å². The van der Waals surface area contributed by atoms with Crippen molar-refractivity contribution in [2.24, 2.45) is 17.8 Å². The number of carbonyl (C=O) groups is 3.